The van der Waals surface area contributed by atoms with Gasteiger partial charge in [0.25, 0.3) is 0 Å². The molecule has 0 unspecified atom stereocenters. The molecule has 0 fully saturated rings. The fourth-order valence-corrected chi connectivity index (χ4v) is 0.627. The standard InChI is InChI=1S/C7H5F3.ClH/c8-7(9,10)6-4-2-1-3-5-6;/h1-5H;1H/p-1. The first-order valence-electron chi connectivity index (χ1n) is 2.73. The second kappa shape index (κ2) is 3.62. The Hall–Kier alpha value is -0.700. The fraction of sp³-hybridized carbons (Fsp3) is 0.143. The second-order valence-electron chi connectivity index (χ2n) is 1.86. The van der Waals surface area contributed by atoms with Gasteiger partial charge in [0.1, 0.15) is 0 Å². The van der Waals surface area contributed by atoms with Crippen molar-refractivity contribution >= 4 is 0 Å². The quantitative estimate of drug-likeness (QED) is 0.516. The van der Waals surface area contributed by atoms with E-state index in [4.69, 9.17) is 0 Å². The van der Waals surface area contributed by atoms with Crippen LogP contribution >= 0.6 is 0 Å². The molecule has 1 aromatic rings. The van der Waals surface area contributed by atoms with Crippen LogP contribution in [-0.4, -0.2) is 0 Å². The van der Waals surface area contributed by atoms with E-state index in [1.807, 2.05) is 0 Å². The highest BCUT2D eigenvalue weighted by Gasteiger charge is 2.29. The summed E-state index contributed by atoms with van der Waals surface area (Å²) >= 11 is 0. The summed E-state index contributed by atoms with van der Waals surface area (Å²) in [7, 11) is 0. The summed E-state index contributed by atoms with van der Waals surface area (Å²) in [6.07, 6.45) is -4.21. The SMILES string of the molecule is FC(F)(F)c1ccccc1.[Cl-]. The van der Waals surface area contributed by atoms with Crippen LogP contribution in [0, 0.1) is 0 Å². The lowest BCUT2D eigenvalue weighted by molar-refractivity contribution is -0.137. The maximum absolute atomic E-state index is 11.8. The van der Waals surface area contributed by atoms with Gasteiger partial charge in [-0.3, -0.25) is 0 Å². The summed E-state index contributed by atoms with van der Waals surface area (Å²) in [5.74, 6) is 0. The van der Waals surface area contributed by atoms with Crippen LogP contribution in [0.25, 0.3) is 0 Å². The van der Waals surface area contributed by atoms with Gasteiger partial charge in [0.15, 0.2) is 0 Å². The molecule has 0 N–H and O–H groups in total. The lowest BCUT2D eigenvalue weighted by atomic mass is 10.2. The van der Waals surface area contributed by atoms with Crippen molar-refractivity contribution in [2.45, 2.75) is 6.18 Å². The van der Waals surface area contributed by atoms with Crippen molar-refractivity contribution in [2.24, 2.45) is 0 Å². The van der Waals surface area contributed by atoms with E-state index in [9.17, 15) is 13.2 Å². The molecule has 1 aromatic carbocycles. The zero-order chi connectivity index (χ0) is 7.61. The van der Waals surface area contributed by atoms with E-state index < -0.39 is 11.7 Å². The summed E-state index contributed by atoms with van der Waals surface area (Å²) < 4.78 is 35.4. The highest BCUT2D eigenvalue weighted by atomic mass is 35.5. The van der Waals surface area contributed by atoms with Gasteiger partial charge in [0, 0.05) is 0 Å². The molecule has 0 atom stereocenters. The van der Waals surface area contributed by atoms with Gasteiger partial charge in [-0.1, -0.05) is 30.3 Å². The first kappa shape index (κ1) is 10.3. The molecule has 0 aliphatic heterocycles. The average Bonchev–Trinajstić information content (AvgIpc) is 1.88. The van der Waals surface area contributed by atoms with Gasteiger partial charge in [0.2, 0.25) is 0 Å². The predicted octanol–water partition coefficient (Wildman–Crippen LogP) is -0.291. The zero-order valence-electron chi connectivity index (χ0n) is 5.40. The molecule has 0 bridgehead atoms. The molecule has 0 saturated carbocycles. The van der Waals surface area contributed by atoms with E-state index in [1.54, 1.807) is 6.07 Å². The van der Waals surface area contributed by atoms with E-state index in [0.29, 0.717) is 0 Å². The Balaban J connectivity index is 0.000001000. The molecular weight excluding hydrogens is 177 g/mol. The van der Waals surface area contributed by atoms with Crippen LogP contribution in [0.15, 0.2) is 30.3 Å². The topological polar surface area (TPSA) is 0 Å². The van der Waals surface area contributed by atoms with E-state index in [2.05, 4.69) is 0 Å². The smallest absolute Gasteiger partial charge is 0.416 e. The first-order chi connectivity index (χ1) is 4.61. The van der Waals surface area contributed by atoms with Gasteiger partial charge in [-0.05, 0) is 0 Å². The summed E-state index contributed by atoms with van der Waals surface area (Å²) in [5, 5.41) is 0. The molecule has 0 aliphatic carbocycles. The normalized spacial score (nSPS) is 10.5. The van der Waals surface area contributed by atoms with Gasteiger partial charge in [-0.2, -0.15) is 13.2 Å². The minimum atomic E-state index is -4.21. The molecule has 4 heteroatoms. The van der Waals surface area contributed by atoms with Crippen LogP contribution < -0.4 is 12.4 Å². The Bertz CT molecular complexity index is 205. The van der Waals surface area contributed by atoms with Crippen LogP contribution in [-0.2, 0) is 6.18 Å². The van der Waals surface area contributed by atoms with Crippen molar-refractivity contribution in [1.82, 2.24) is 0 Å². The molecular formula is C7H5ClF3-. The van der Waals surface area contributed by atoms with Crippen molar-refractivity contribution in [3.63, 3.8) is 0 Å². The first-order valence-corrected chi connectivity index (χ1v) is 2.73. The van der Waals surface area contributed by atoms with Crippen LogP contribution in [0.4, 0.5) is 13.2 Å². The van der Waals surface area contributed by atoms with Crippen molar-refractivity contribution in [2.75, 3.05) is 0 Å². The molecule has 1 rings (SSSR count). The molecule has 0 nitrogen and oxygen atoms in total. The number of rotatable bonds is 0. The Labute approximate surface area is 68.4 Å². The average molecular weight is 182 g/mol. The van der Waals surface area contributed by atoms with Crippen LogP contribution in [0.1, 0.15) is 5.56 Å². The number of benzene rings is 1. The van der Waals surface area contributed by atoms with Crippen LogP contribution in [0.2, 0.25) is 0 Å². The number of hydrogen-bond acceptors (Lipinski definition) is 0. The molecule has 0 aliphatic rings. The Morgan fingerprint density at radius 2 is 1.36 bits per heavy atom. The van der Waals surface area contributed by atoms with Gasteiger partial charge in [-0.15, -0.1) is 0 Å². The van der Waals surface area contributed by atoms with Gasteiger partial charge >= 0.3 is 6.18 Å². The molecule has 11 heavy (non-hydrogen) atoms. The van der Waals surface area contributed by atoms with Gasteiger partial charge in [-0.25, -0.2) is 0 Å². The number of hydrogen-bond donors (Lipinski definition) is 0. The lowest BCUT2D eigenvalue weighted by Gasteiger charge is -2.03. The Morgan fingerprint density at radius 1 is 0.909 bits per heavy atom. The third-order valence-electron chi connectivity index (χ3n) is 1.10. The molecule has 0 spiro atoms. The molecule has 0 amide bonds. The summed E-state index contributed by atoms with van der Waals surface area (Å²) in [6.45, 7) is 0. The minimum absolute atomic E-state index is 0. The van der Waals surface area contributed by atoms with Gasteiger partial charge < -0.3 is 12.4 Å². The molecule has 0 saturated heterocycles. The van der Waals surface area contributed by atoms with Crippen molar-refractivity contribution in [1.29, 1.82) is 0 Å². The third-order valence-corrected chi connectivity index (χ3v) is 1.10. The highest BCUT2D eigenvalue weighted by Crippen LogP contribution is 2.28. The minimum Gasteiger partial charge on any atom is -1.00 e. The maximum atomic E-state index is 11.8. The third kappa shape index (κ3) is 2.80. The van der Waals surface area contributed by atoms with Crippen molar-refractivity contribution in [3.8, 4) is 0 Å². The molecule has 0 radical (unpaired) electrons. The largest absolute Gasteiger partial charge is 1.00 e. The van der Waals surface area contributed by atoms with E-state index >= 15 is 0 Å². The fourth-order valence-electron chi connectivity index (χ4n) is 0.627. The lowest BCUT2D eigenvalue weighted by Crippen LogP contribution is -3.00. The van der Waals surface area contributed by atoms with Crippen LogP contribution in [0.5, 0.6) is 0 Å². The van der Waals surface area contributed by atoms with Crippen molar-refractivity contribution < 1.29 is 25.6 Å². The predicted molar refractivity (Wildman–Crippen MR) is 31.4 cm³/mol. The molecule has 0 heterocycles. The maximum Gasteiger partial charge on any atom is 0.416 e. The zero-order valence-corrected chi connectivity index (χ0v) is 6.15. The summed E-state index contributed by atoms with van der Waals surface area (Å²) in [5.41, 5.74) is -0.602. The number of halogens is 4. The highest BCUT2D eigenvalue weighted by molar-refractivity contribution is 5.17. The Morgan fingerprint density at radius 3 is 1.64 bits per heavy atom. The Kier molecular flexibility index (Phi) is 3.39. The summed E-state index contributed by atoms with van der Waals surface area (Å²) in [6, 6.07) is 6.36. The van der Waals surface area contributed by atoms with Gasteiger partial charge in [0.05, 0.1) is 5.56 Å². The molecule has 62 valence electrons. The van der Waals surface area contributed by atoms with E-state index in [1.165, 1.54) is 12.1 Å². The number of alkyl halides is 3. The van der Waals surface area contributed by atoms with Crippen molar-refractivity contribution in [3.05, 3.63) is 35.9 Å². The second-order valence-corrected chi connectivity index (χ2v) is 1.86. The van der Waals surface area contributed by atoms with Crippen LogP contribution in [0.3, 0.4) is 0 Å². The molecule has 0 aromatic heterocycles. The van der Waals surface area contributed by atoms with E-state index in [0.717, 1.165) is 12.1 Å². The van der Waals surface area contributed by atoms with E-state index in [-0.39, 0.29) is 12.4 Å². The monoisotopic (exact) mass is 181 g/mol. The summed E-state index contributed by atoms with van der Waals surface area (Å²) in [4.78, 5) is 0.